The Morgan fingerprint density at radius 1 is 1.25 bits per heavy atom. The summed E-state index contributed by atoms with van der Waals surface area (Å²) in [4.78, 5) is 27.2. The highest BCUT2D eigenvalue weighted by Gasteiger charge is 2.31. The van der Waals surface area contributed by atoms with Crippen LogP contribution < -0.4 is 10.6 Å². The summed E-state index contributed by atoms with van der Waals surface area (Å²) in [6.45, 7) is 4.34. The number of carbonyl (C=O) groups excluding carboxylic acids is 2. The molecule has 1 aliphatic rings. The highest BCUT2D eigenvalue weighted by atomic mass is 32.1. The quantitative estimate of drug-likeness (QED) is 0.658. The summed E-state index contributed by atoms with van der Waals surface area (Å²) < 4.78 is 0. The van der Waals surface area contributed by atoms with Gasteiger partial charge in [-0.25, -0.2) is 0 Å². The molecule has 2 N–H and O–H groups in total. The molecule has 0 saturated carbocycles. The van der Waals surface area contributed by atoms with E-state index in [-0.39, 0.29) is 36.4 Å². The zero-order valence-corrected chi connectivity index (χ0v) is 12.4. The minimum absolute atomic E-state index is 0.0215. The zero-order valence-electron chi connectivity index (χ0n) is 11.5. The Balaban J connectivity index is 2.23. The van der Waals surface area contributed by atoms with Crippen LogP contribution in [0.3, 0.4) is 0 Å². The number of hydrogen-bond donors (Lipinski definition) is 1. The molecule has 6 heteroatoms. The van der Waals surface area contributed by atoms with Crippen molar-refractivity contribution in [3.05, 3.63) is 29.3 Å². The Labute approximate surface area is 123 Å². The third-order valence-electron chi connectivity index (χ3n) is 3.49. The van der Waals surface area contributed by atoms with E-state index in [1.807, 2.05) is 32.0 Å². The highest BCUT2D eigenvalue weighted by Crippen LogP contribution is 2.24. The van der Waals surface area contributed by atoms with Gasteiger partial charge in [-0.1, -0.05) is 24.4 Å². The predicted octanol–water partition coefficient (Wildman–Crippen LogP) is 0.765. The number of benzene rings is 1. The van der Waals surface area contributed by atoms with Gasteiger partial charge in [0, 0.05) is 5.69 Å². The number of thiocarbonyl (C=S) groups is 1. The molecule has 106 valence electrons. The van der Waals surface area contributed by atoms with Crippen molar-refractivity contribution in [3.63, 3.8) is 0 Å². The number of amides is 2. The molecule has 0 aliphatic carbocycles. The first-order chi connectivity index (χ1) is 9.40. The third kappa shape index (κ3) is 2.80. The Morgan fingerprint density at radius 2 is 1.85 bits per heavy atom. The van der Waals surface area contributed by atoms with Gasteiger partial charge in [0.1, 0.15) is 0 Å². The molecule has 1 aliphatic heterocycles. The van der Waals surface area contributed by atoms with Crippen LogP contribution >= 0.6 is 12.2 Å². The summed E-state index contributed by atoms with van der Waals surface area (Å²) in [5.74, 6) is -0.537. The van der Waals surface area contributed by atoms with E-state index in [0.717, 1.165) is 21.7 Å². The number of nitrogens with two attached hydrogens (primary N) is 1. The van der Waals surface area contributed by atoms with Crippen LogP contribution in [0, 0.1) is 13.8 Å². The van der Waals surface area contributed by atoms with Gasteiger partial charge in [0.15, 0.2) is 0 Å². The van der Waals surface area contributed by atoms with Crippen LogP contribution in [0.4, 0.5) is 5.69 Å². The summed E-state index contributed by atoms with van der Waals surface area (Å²) in [5.41, 5.74) is 8.54. The Bertz CT molecular complexity index is 568. The number of nitrogens with zero attached hydrogens (tertiary/aromatic N) is 2. The van der Waals surface area contributed by atoms with E-state index in [1.165, 1.54) is 0 Å². The lowest BCUT2D eigenvalue weighted by molar-refractivity contribution is -0.144. The molecule has 1 fully saturated rings. The number of rotatable bonds is 3. The largest absolute Gasteiger partial charge is 0.392 e. The average molecular weight is 291 g/mol. The second kappa shape index (κ2) is 5.58. The van der Waals surface area contributed by atoms with Crippen molar-refractivity contribution < 1.29 is 9.59 Å². The molecule has 5 nitrogen and oxygen atoms in total. The van der Waals surface area contributed by atoms with Gasteiger partial charge in [-0.3, -0.25) is 14.5 Å². The molecule has 20 heavy (non-hydrogen) atoms. The van der Waals surface area contributed by atoms with Gasteiger partial charge in [0.25, 0.3) is 0 Å². The Hall–Kier alpha value is -1.95. The molecule has 1 aromatic carbocycles. The lowest BCUT2D eigenvalue weighted by Crippen LogP contribution is -2.56. The first-order valence-corrected chi connectivity index (χ1v) is 6.73. The maximum atomic E-state index is 12.1. The minimum atomic E-state index is -0.269. The minimum Gasteiger partial charge on any atom is -0.392 e. The predicted molar refractivity (Wildman–Crippen MR) is 81.6 cm³/mol. The second-order valence-corrected chi connectivity index (χ2v) is 5.44. The fourth-order valence-electron chi connectivity index (χ4n) is 2.27. The van der Waals surface area contributed by atoms with Crippen LogP contribution in [0.1, 0.15) is 11.1 Å². The molecule has 0 spiro atoms. The van der Waals surface area contributed by atoms with Crippen molar-refractivity contribution in [3.8, 4) is 0 Å². The van der Waals surface area contributed by atoms with Gasteiger partial charge >= 0.3 is 0 Å². The van der Waals surface area contributed by atoms with Gasteiger partial charge in [-0.05, 0) is 31.0 Å². The van der Waals surface area contributed by atoms with Gasteiger partial charge in [0.2, 0.25) is 11.8 Å². The molecular weight excluding hydrogens is 274 g/mol. The molecular formula is C14H17N3O2S. The molecule has 2 rings (SSSR count). The second-order valence-electron chi connectivity index (χ2n) is 4.92. The summed E-state index contributed by atoms with van der Waals surface area (Å²) in [7, 11) is 0. The van der Waals surface area contributed by atoms with Crippen LogP contribution in [0.15, 0.2) is 18.2 Å². The summed E-state index contributed by atoms with van der Waals surface area (Å²) in [5, 5.41) is 0. The summed E-state index contributed by atoms with van der Waals surface area (Å²) >= 11 is 4.76. The van der Waals surface area contributed by atoms with Gasteiger partial charge in [-0.15, -0.1) is 0 Å². The zero-order chi connectivity index (χ0) is 14.9. The molecule has 1 heterocycles. The molecule has 1 saturated heterocycles. The summed E-state index contributed by atoms with van der Waals surface area (Å²) in [6, 6.07) is 5.85. The van der Waals surface area contributed by atoms with Crippen molar-refractivity contribution in [1.82, 2.24) is 4.90 Å². The SMILES string of the molecule is Cc1cccc(N2CC(=O)N(CC(N)=S)C(=O)C2)c1C. The lowest BCUT2D eigenvalue weighted by atomic mass is 10.1. The van der Waals surface area contributed by atoms with Crippen molar-refractivity contribution in [2.45, 2.75) is 13.8 Å². The van der Waals surface area contributed by atoms with E-state index in [4.69, 9.17) is 18.0 Å². The molecule has 0 atom stereocenters. The van der Waals surface area contributed by atoms with Crippen LogP contribution in [0.25, 0.3) is 0 Å². The van der Waals surface area contributed by atoms with Crippen molar-refractivity contribution in [1.29, 1.82) is 0 Å². The van der Waals surface area contributed by atoms with Gasteiger partial charge < -0.3 is 10.6 Å². The molecule has 1 aromatic rings. The monoisotopic (exact) mass is 291 g/mol. The third-order valence-corrected chi connectivity index (χ3v) is 3.61. The number of imide groups is 1. The fraction of sp³-hybridized carbons (Fsp3) is 0.357. The van der Waals surface area contributed by atoms with E-state index < -0.39 is 0 Å². The van der Waals surface area contributed by atoms with Crippen LogP contribution in [-0.2, 0) is 9.59 Å². The molecule has 0 unspecified atom stereocenters. The van der Waals surface area contributed by atoms with Crippen molar-refractivity contribution in [2.75, 3.05) is 24.5 Å². The number of carbonyl (C=O) groups is 2. The normalized spacial score (nSPS) is 15.7. The van der Waals surface area contributed by atoms with Crippen LogP contribution in [0.5, 0.6) is 0 Å². The first kappa shape index (κ1) is 14.5. The maximum absolute atomic E-state index is 12.1. The molecule has 0 radical (unpaired) electrons. The molecule has 0 bridgehead atoms. The van der Waals surface area contributed by atoms with E-state index in [9.17, 15) is 9.59 Å². The number of hydrogen-bond acceptors (Lipinski definition) is 4. The van der Waals surface area contributed by atoms with E-state index in [0.29, 0.717) is 0 Å². The first-order valence-electron chi connectivity index (χ1n) is 6.33. The summed E-state index contributed by atoms with van der Waals surface area (Å²) in [6.07, 6.45) is 0. The van der Waals surface area contributed by atoms with E-state index in [1.54, 1.807) is 4.90 Å². The van der Waals surface area contributed by atoms with Gasteiger partial charge in [-0.2, -0.15) is 0 Å². The number of aryl methyl sites for hydroxylation is 1. The standard InChI is InChI=1S/C14H17N3O2S/c1-9-4-3-5-11(10(9)2)16-7-13(18)17(6-12(15)20)14(19)8-16/h3-5H,6-8H2,1-2H3,(H2,15,20). The Morgan fingerprint density at radius 3 is 2.40 bits per heavy atom. The smallest absolute Gasteiger partial charge is 0.249 e. The molecule has 2 amide bonds. The average Bonchev–Trinajstić information content (AvgIpc) is 2.36. The Kier molecular flexibility index (Phi) is 4.04. The topological polar surface area (TPSA) is 66.6 Å². The number of anilines is 1. The van der Waals surface area contributed by atoms with Crippen LogP contribution in [-0.4, -0.2) is 41.3 Å². The van der Waals surface area contributed by atoms with Crippen molar-refractivity contribution >= 4 is 34.7 Å². The van der Waals surface area contributed by atoms with Crippen molar-refractivity contribution in [2.24, 2.45) is 5.73 Å². The maximum Gasteiger partial charge on any atom is 0.249 e. The fourth-order valence-corrected chi connectivity index (χ4v) is 2.40. The van der Waals surface area contributed by atoms with Crippen LogP contribution in [0.2, 0.25) is 0 Å². The van der Waals surface area contributed by atoms with E-state index >= 15 is 0 Å². The highest BCUT2D eigenvalue weighted by molar-refractivity contribution is 7.80. The van der Waals surface area contributed by atoms with E-state index in [2.05, 4.69) is 0 Å². The van der Waals surface area contributed by atoms with Gasteiger partial charge in [0.05, 0.1) is 24.6 Å². The number of piperazine rings is 1. The lowest BCUT2D eigenvalue weighted by Gasteiger charge is -2.34. The molecule has 0 aromatic heterocycles.